The van der Waals surface area contributed by atoms with E-state index in [9.17, 15) is 0 Å². The number of halogens is 1. The molecule has 0 amide bonds. The van der Waals surface area contributed by atoms with E-state index in [2.05, 4.69) is 27.2 Å². The van der Waals surface area contributed by atoms with Crippen LogP contribution in [-0.4, -0.2) is 28.7 Å². The van der Waals surface area contributed by atoms with E-state index < -0.39 is 0 Å². The number of alkyl halides is 1. The first kappa shape index (κ1) is 13.6. The Balaban J connectivity index is 2.00. The van der Waals surface area contributed by atoms with Crippen molar-refractivity contribution in [2.75, 3.05) is 17.3 Å². The van der Waals surface area contributed by atoms with E-state index in [0.717, 1.165) is 12.1 Å². The average Bonchev–Trinajstić information content (AvgIpc) is 2.53. The quantitative estimate of drug-likeness (QED) is 0.797. The molecule has 0 saturated heterocycles. The van der Waals surface area contributed by atoms with Crippen LogP contribution in [0.4, 0.5) is 5.69 Å². The van der Waals surface area contributed by atoms with Gasteiger partial charge in [0.05, 0.1) is 17.4 Å². The lowest BCUT2D eigenvalue weighted by molar-refractivity contribution is 0.419. The Morgan fingerprint density at radius 1 is 1.15 bits per heavy atom. The van der Waals surface area contributed by atoms with Crippen LogP contribution in [0.5, 0.6) is 0 Å². The summed E-state index contributed by atoms with van der Waals surface area (Å²) in [4.78, 5) is 2.45. The number of hydrogen-bond donors (Lipinski definition) is 0. The summed E-state index contributed by atoms with van der Waals surface area (Å²) in [6, 6.07) is 8.81. The smallest absolute Gasteiger partial charge is 0.0950 e. The molecule has 1 aliphatic carbocycles. The lowest BCUT2D eigenvalue weighted by atomic mass is 9.93. The molecule has 3 nitrogen and oxygen atoms in total. The topological polar surface area (TPSA) is 29.0 Å². The van der Waals surface area contributed by atoms with Crippen LogP contribution in [0, 0.1) is 0 Å². The molecule has 3 rings (SSSR count). The van der Waals surface area contributed by atoms with Crippen molar-refractivity contribution in [1.29, 1.82) is 0 Å². The van der Waals surface area contributed by atoms with Gasteiger partial charge in [-0.1, -0.05) is 37.5 Å². The van der Waals surface area contributed by atoms with Gasteiger partial charge in [-0.2, -0.15) is 10.2 Å². The van der Waals surface area contributed by atoms with Crippen molar-refractivity contribution in [3.63, 3.8) is 0 Å². The first-order chi connectivity index (χ1) is 9.90. The molecule has 1 aromatic carbocycles. The fourth-order valence-electron chi connectivity index (χ4n) is 3.21. The van der Waals surface area contributed by atoms with E-state index in [1.165, 1.54) is 43.2 Å². The molecule has 0 bridgehead atoms. The van der Waals surface area contributed by atoms with E-state index in [0.29, 0.717) is 11.9 Å². The number of rotatable bonds is 4. The Morgan fingerprint density at radius 3 is 2.75 bits per heavy atom. The predicted octanol–water partition coefficient (Wildman–Crippen LogP) is 4.01. The van der Waals surface area contributed by atoms with E-state index in [4.69, 9.17) is 11.6 Å². The highest BCUT2D eigenvalue weighted by molar-refractivity contribution is 6.18. The number of nitrogens with zero attached hydrogens (tertiary/aromatic N) is 3. The third-order valence-electron chi connectivity index (χ3n) is 4.18. The van der Waals surface area contributed by atoms with Crippen LogP contribution < -0.4 is 4.90 Å². The van der Waals surface area contributed by atoms with Gasteiger partial charge in [-0.3, -0.25) is 0 Å². The van der Waals surface area contributed by atoms with Gasteiger partial charge in [-0.15, -0.1) is 11.6 Å². The third-order valence-corrected chi connectivity index (χ3v) is 4.34. The van der Waals surface area contributed by atoms with Crippen LogP contribution in [0.1, 0.15) is 32.1 Å². The van der Waals surface area contributed by atoms with Crippen LogP contribution in [0.15, 0.2) is 30.5 Å². The van der Waals surface area contributed by atoms with Crippen molar-refractivity contribution in [1.82, 2.24) is 10.2 Å². The molecule has 0 aliphatic heterocycles. The Bertz CT molecular complexity index is 561. The fourth-order valence-corrected chi connectivity index (χ4v) is 3.39. The standard InChI is InChI=1S/C16H20ClN3/c17-10-11-20(13-6-2-1-3-7-13)16-12-18-19-15-9-5-4-8-14(15)16/h4-5,8-9,12-13H,1-3,6-7,10-11H2. The highest BCUT2D eigenvalue weighted by Gasteiger charge is 2.22. The Hall–Kier alpha value is -1.35. The first-order valence-electron chi connectivity index (χ1n) is 7.43. The average molecular weight is 290 g/mol. The SMILES string of the molecule is ClCCN(c1cnnc2ccccc12)C1CCCCC1. The number of benzene rings is 1. The van der Waals surface area contributed by atoms with Crippen molar-refractivity contribution in [3.8, 4) is 0 Å². The molecule has 0 unspecified atom stereocenters. The maximum absolute atomic E-state index is 6.04. The van der Waals surface area contributed by atoms with Gasteiger partial charge in [0.25, 0.3) is 0 Å². The monoisotopic (exact) mass is 289 g/mol. The molecule has 20 heavy (non-hydrogen) atoms. The summed E-state index contributed by atoms with van der Waals surface area (Å²) in [5, 5.41) is 9.57. The van der Waals surface area contributed by atoms with Gasteiger partial charge in [0.1, 0.15) is 0 Å². The molecule has 0 N–H and O–H groups in total. The summed E-state index contributed by atoms with van der Waals surface area (Å²) in [5.41, 5.74) is 2.14. The zero-order valence-electron chi connectivity index (χ0n) is 11.6. The molecular formula is C16H20ClN3. The molecule has 0 spiro atoms. The largest absolute Gasteiger partial charge is 0.366 e. The lowest BCUT2D eigenvalue weighted by Gasteiger charge is -2.36. The number of anilines is 1. The van der Waals surface area contributed by atoms with E-state index in [-0.39, 0.29) is 0 Å². The van der Waals surface area contributed by atoms with Gasteiger partial charge in [0.15, 0.2) is 0 Å². The van der Waals surface area contributed by atoms with Crippen LogP contribution in [0.3, 0.4) is 0 Å². The second kappa shape index (κ2) is 6.40. The maximum atomic E-state index is 6.04. The van der Waals surface area contributed by atoms with E-state index in [1.54, 1.807) is 0 Å². The van der Waals surface area contributed by atoms with Crippen LogP contribution in [0.25, 0.3) is 10.9 Å². The minimum atomic E-state index is 0.593. The van der Waals surface area contributed by atoms with E-state index >= 15 is 0 Å². The lowest BCUT2D eigenvalue weighted by Crippen LogP contribution is -2.38. The van der Waals surface area contributed by atoms with Gasteiger partial charge < -0.3 is 4.90 Å². The van der Waals surface area contributed by atoms with Crippen molar-refractivity contribution < 1.29 is 0 Å². The Kier molecular flexibility index (Phi) is 4.36. The zero-order chi connectivity index (χ0) is 13.8. The van der Waals surface area contributed by atoms with Crippen molar-refractivity contribution in [2.24, 2.45) is 0 Å². The molecule has 0 atom stereocenters. The minimum absolute atomic E-state index is 0.593. The van der Waals surface area contributed by atoms with Crippen molar-refractivity contribution in [3.05, 3.63) is 30.5 Å². The second-order valence-electron chi connectivity index (χ2n) is 5.42. The third kappa shape index (κ3) is 2.73. The summed E-state index contributed by atoms with van der Waals surface area (Å²) in [6.07, 6.45) is 8.41. The number of aromatic nitrogens is 2. The second-order valence-corrected chi connectivity index (χ2v) is 5.80. The number of fused-ring (bicyclic) bond motifs is 1. The van der Waals surface area contributed by atoms with Crippen LogP contribution >= 0.6 is 11.6 Å². The highest BCUT2D eigenvalue weighted by atomic mass is 35.5. The summed E-state index contributed by atoms with van der Waals surface area (Å²) in [5.74, 6) is 0.646. The molecular weight excluding hydrogens is 270 g/mol. The van der Waals surface area contributed by atoms with Gasteiger partial charge in [0.2, 0.25) is 0 Å². The predicted molar refractivity (Wildman–Crippen MR) is 84.5 cm³/mol. The summed E-state index contributed by atoms with van der Waals surface area (Å²) in [6.45, 7) is 0.877. The first-order valence-corrected chi connectivity index (χ1v) is 7.96. The number of hydrogen-bond acceptors (Lipinski definition) is 3. The normalized spacial score (nSPS) is 16.4. The van der Waals surface area contributed by atoms with Crippen LogP contribution in [0.2, 0.25) is 0 Å². The van der Waals surface area contributed by atoms with Crippen molar-refractivity contribution in [2.45, 2.75) is 38.1 Å². The van der Waals surface area contributed by atoms with Crippen LogP contribution in [-0.2, 0) is 0 Å². The Labute approximate surface area is 124 Å². The zero-order valence-corrected chi connectivity index (χ0v) is 12.4. The summed E-state index contributed by atoms with van der Waals surface area (Å²) in [7, 11) is 0. The maximum Gasteiger partial charge on any atom is 0.0950 e. The molecule has 106 valence electrons. The van der Waals surface area contributed by atoms with Gasteiger partial charge >= 0.3 is 0 Å². The summed E-state index contributed by atoms with van der Waals surface area (Å²) >= 11 is 6.04. The Morgan fingerprint density at radius 2 is 1.95 bits per heavy atom. The summed E-state index contributed by atoms with van der Waals surface area (Å²) < 4.78 is 0. The fraction of sp³-hybridized carbons (Fsp3) is 0.500. The van der Waals surface area contributed by atoms with Crippen molar-refractivity contribution >= 4 is 28.2 Å². The highest BCUT2D eigenvalue weighted by Crippen LogP contribution is 2.31. The minimum Gasteiger partial charge on any atom is -0.366 e. The molecule has 1 aromatic heterocycles. The molecule has 1 fully saturated rings. The van der Waals surface area contributed by atoms with Gasteiger partial charge in [0, 0.05) is 23.9 Å². The molecule has 4 heteroatoms. The van der Waals surface area contributed by atoms with E-state index in [1.807, 2.05) is 18.3 Å². The van der Waals surface area contributed by atoms with Gasteiger partial charge in [-0.05, 0) is 18.9 Å². The van der Waals surface area contributed by atoms with Gasteiger partial charge in [-0.25, -0.2) is 0 Å². The molecule has 2 aromatic rings. The molecule has 0 radical (unpaired) electrons. The molecule has 1 aliphatic rings. The molecule has 1 heterocycles. The molecule has 1 saturated carbocycles.